The van der Waals surface area contributed by atoms with Crippen LogP contribution in [0.25, 0.3) is 0 Å². The molecule has 0 bridgehead atoms. The Bertz CT molecular complexity index is 1130. The van der Waals surface area contributed by atoms with Gasteiger partial charge in [-0.25, -0.2) is 8.42 Å². The Labute approximate surface area is 178 Å². The summed E-state index contributed by atoms with van der Waals surface area (Å²) in [6.45, 7) is 2.23. The second-order valence-corrected chi connectivity index (χ2v) is 8.74. The highest BCUT2D eigenvalue weighted by atomic mass is 35.5. The SMILES string of the molecule is Cc1ccc(CNC(=O)c2ccc(NS(=O)(=O)c3cc(Cl)ccc3Cl)cc2)cn1. The lowest BCUT2D eigenvalue weighted by Crippen LogP contribution is -2.22. The van der Waals surface area contributed by atoms with Crippen LogP contribution in [-0.2, 0) is 16.6 Å². The largest absolute Gasteiger partial charge is 0.348 e. The number of carbonyl (C=O) groups excluding carboxylic acids is 1. The van der Waals surface area contributed by atoms with Gasteiger partial charge >= 0.3 is 0 Å². The molecule has 0 spiro atoms. The van der Waals surface area contributed by atoms with Crippen LogP contribution in [0.3, 0.4) is 0 Å². The van der Waals surface area contributed by atoms with E-state index in [-0.39, 0.29) is 20.8 Å². The maximum absolute atomic E-state index is 12.5. The summed E-state index contributed by atoms with van der Waals surface area (Å²) in [6.07, 6.45) is 1.70. The van der Waals surface area contributed by atoms with Crippen molar-refractivity contribution >= 4 is 44.8 Å². The third kappa shape index (κ3) is 5.47. The topological polar surface area (TPSA) is 88.2 Å². The van der Waals surface area contributed by atoms with Crippen LogP contribution in [0, 0.1) is 6.92 Å². The number of amides is 1. The molecule has 0 radical (unpaired) electrons. The highest BCUT2D eigenvalue weighted by Gasteiger charge is 2.19. The number of nitrogens with one attached hydrogen (secondary N) is 2. The maximum Gasteiger partial charge on any atom is 0.263 e. The summed E-state index contributed by atoms with van der Waals surface area (Å²) in [6, 6.07) is 14.0. The van der Waals surface area contributed by atoms with Crippen molar-refractivity contribution in [2.24, 2.45) is 0 Å². The van der Waals surface area contributed by atoms with Crippen LogP contribution in [0.4, 0.5) is 5.69 Å². The number of anilines is 1. The van der Waals surface area contributed by atoms with Gasteiger partial charge in [0.25, 0.3) is 15.9 Å². The van der Waals surface area contributed by atoms with Gasteiger partial charge in [-0.15, -0.1) is 0 Å². The number of carbonyl (C=O) groups is 1. The predicted molar refractivity (Wildman–Crippen MR) is 114 cm³/mol. The first kappa shape index (κ1) is 21.1. The van der Waals surface area contributed by atoms with Gasteiger partial charge in [0.05, 0.1) is 5.02 Å². The van der Waals surface area contributed by atoms with E-state index in [1.165, 1.54) is 42.5 Å². The molecule has 1 heterocycles. The van der Waals surface area contributed by atoms with Crippen molar-refractivity contribution < 1.29 is 13.2 Å². The highest BCUT2D eigenvalue weighted by Crippen LogP contribution is 2.27. The van der Waals surface area contributed by atoms with Crippen molar-refractivity contribution in [1.29, 1.82) is 0 Å². The summed E-state index contributed by atoms with van der Waals surface area (Å²) in [5, 5.41) is 3.11. The molecule has 0 unspecified atom stereocenters. The van der Waals surface area contributed by atoms with Crippen molar-refractivity contribution in [1.82, 2.24) is 10.3 Å². The molecule has 9 heteroatoms. The molecule has 3 aromatic rings. The normalized spacial score (nSPS) is 11.1. The molecule has 0 aliphatic carbocycles. The number of nitrogens with zero attached hydrogens (tertiary/aromatic N) is 1. The Hall–Kier alpha value is -2.61. The molecule has 1 aromatic heterocycles. The van der Waals surface area contributed by atoms with Crippen molar-refractivity contribution in [3.8, 4) is 0 Å². The van der Waals surface area contributed by atoms with Crippen LogP contribution in [0.5, 0.6) is 0 Å². The monoisotopic (exact) mass is 449 g/mol. The standard InChI is InChI=1S/C20H17Cl2N3O3S/c1-13-2-3-14(11-23-13)12-24-20(26)15-4-7-17(8-5-15)25-29(27,28)19-10-16(21)6-9-18(19)22/h2-11,25H,12H2,1H3,(H,24,26). The van der Waals surface area contributed by atoms with E-state index in [0.717, 1.165) is 11.3 Å². The van der Waals surface area contributed by atoms with E-state index < -0.39 is 10.0 Å². The van der Waals surface area contributed by atoms with E-state index in [0.29, 0.717) is 17.8 Å². The smallest absolute Gasteiger partial charge is 0.263 e. The lowest BCUT2D eigenvalue weighted by atomic mass is 10.2. The van der Waals surface area contributed by atoms with Crippen molar-refractivity contribution in [2.45, 2.75) is 18.4 Å². The van der Waals surface area contributed by atoms with E-state index >= 15 is 0 Å². The van der Waals surface area contributed by atoms with Crippen LogP contribution in [-0.4, -0.2) is 19.3 Å². The molecular weight excluding hydrogens is 433 g/mol. The quantitative estimate of drug-likeness (QED) is 0.582. The van der Waals surface area contributed by atoms with E-state index in [9.17, 15) is 13.2 Å². The molecule has 6 nitrogen and oxygen atoms in total. The Morgan fingerprint density at radius 3 is 2.41 bits per heavy atom. The molecule has 1 amide bonds. The van der Waals surface area contributed by atoms with Gasteiger partial charge < -0.3 is 5.32 Å². The van der Waals surface area contributed by atoms with Crippen molar-refractivity contribution in [3.05, 3.63) is 87.7 Å². The summed E-state index contributed by atoms with van der Waals surface area (Å²) >= 11 is 11.8. The molecule has 29 heavy (non-hydrogen) atoms. The minimum absolute atomic E-state index is 0.0588. The first-order chi connectivity index (χ1) is 13.7. The maximum atomic E-state index is 12.5. The van der Waals surface area contributed by atoms with Gasteiger partial charge in [-0.1, -0.05) is 29.3 Å². The Morgan fingerprint density at radius 1 is 1.03 bits per heavy atom. The van der Waals surface area contributed by atoms with Crippen molar-refractivity contribution in [2.75, 3.05) is 4.72 Å². The number of aryl methyl sites for hydroxylation is 1. The van der Waals surface area contributed by atoms with Gasteiger partial charge in [-0.05, 0) is 61.0 Å². The highest BCUT2D eigenvalue weighted by molar-refractivity contribution is 7.92. The van der Waals surface area contributed by atoms with Crippen LogP contribution < -0.4 is 10.0 Å². The summed E-state index contributed by atoms with van der Waals surface area (Å²) in [7, 11) is -3.92. The van der Waals surface area contributed by atoms with Gasteiger partial charge in [0, 0.05) is 34.7 Å². The van der Waals surface area contributed by atoms with Gasteiger partial charge in [0.15, 0.2) is 0 Å². The molecule has 0 atom stereocenters. The molecular formula is C20H17Cl2N3O3S. The minimum Gasteiger partial charge on any atom is -0.348 e. The average molecular weight is 450 g/mol. The number of halogens is 2. The van der Waals surface area contributed by atoms with Crippen LogP contribution in [0.15, 0.2) is 65.7 Å². The number of pyridine rings is 1. The number of sulfonamides is 1. The molecule has 0 fully saturated rings. The zero-order valence-electron chi connectivity index (χ0n) is 15.3. The molecule has 0 saturated carbocycles. The fourth-order valence-electron chi connectivity index (χ4n) is 2.47. The lowest BCUT2D eigenvalue weighted by Gasteiger charge is -2.11. The molecule has 3 rings (SSSR count). The molecule has 0 aliphatic heterocycles. The van der Waals surface area contributed by atoms with Crippen LogP contribution in [0.1, 0.15) is 21.6 Å². The molecule has 2 N–H and O–H groups in total. The molecule has 0 saturated heterocycles. The average Bonchev–Trinajstić information content (AvgIpc) is 2.69. The summed E-state index contributed by atoms with van der Waals surface area (Å²) in [5.74, 6) is -0.280. The third-order valence-electron chi connectivity index (χ3n) is 4.01. The fraction of sp³-hybridized carbons (Fsp3) is 0.100. The summed E-state index contributed by atoms with van der Waals surface area (Å²) < 4.78 is 27.5. The minimum atomic E-state index is -3.92. The zero-order chi connectivity index (χ0) is 21.0. The van der Waals surface area contributed by atoms with E-state index in [1.54, 1.807) is 6.20 Å². The second kappa shape index (κ2) is 8.82. The fourth-order valence-corrected chi connectivity index (χ4v) is 4.29. The summed E-state index contributed by atoms with van der Waals surface area (Å²) in [5.41, 5.74) is 2.47. The van der Waals surface area contributed by atoms with E-state index in [2.05, 4.69) is 15.0 Å². The molecule has 0 aliphatic rings. The Balaban J connectivity index is 1.67. The van der Waals surface area contributed by atoms with Crippen LogP contribution >= 0.6 is 23.2 Å². The Kier molecular flexibility index (Phi) is 6.42. The van der Waals surface area contributed by atoms with Gasteiger partial charge in [0.1, 0.15) is 4.90 Å². The lowest BCUT2D eigenvalue weighted by molar-refractivity contribution is 0.0951. The van der Waals surface area contributed by atoms with Gasteiger partial charge in [-0.2, -0.15) is 0 Å². The van der Waals surface area contributed by atoms with Gasteiger partial charge in [0.2, 0.25) is 0 Å². The number of hydrogen-bond acceptors (Lipinski definition) is 4. The first-order valence-electron chi connectivity index (χ1n) is 8.52. The number of hydrogen-bond donors (Lipinski definition) is 2. The predicted octanol–water partition coefficient (Wildman–Crippen LogP) is 4.43. The van der Waals surface area contributed by atoms with Crippen LogP contribution in [0.2, 0.25) is 10.0 Å². The second-order valence-electron chi connectivity index (χ2n) is 6.25. The molecule has 150 valence electrons. The number of rotatable bonds is 6. The van der Waals surface area contributed by atoms with Gasteiger partial charge in [-0.3, -0.25) is 14.5 Å². The third-order valence-corrected chi connectivity index (χ3v) is 6.11. The zero-order valence-corrected chi connectivity index (χ0v) is 17.6. The summed E-state index contributed by atoms with van der Waals surface area (Å²) in [4.78, 5) is 16.3. The Morgan fingerprint density at radius 2 is 1.76 bits per heavy atom. The van der Waals surface area contributed by atoms with E-state index in [4.69, 9.17) is 23.2 Å². The van der Waals surface area contributed by atoms with Crippen molar-refractivity contribution in [3.63, 3.8) is 0 Å². The number of aromatic nitrogens is 1. The number of benzene rings is 2. The van der Waals surface area contributed by atoms with E-state index in [1.807, 2.05) is 19.1 Å². The molecule has 2 aromatic carbocycles. The first-order valence-corrected chi connectivity index (χ1v) is 10.8.